The number of alkyl halides is 3. The van der Waals surface area contributed by atoms with Crippen LogP contribution in [0.4, 0.5) is 54.8 Å². The minimum absolute atomic E-state index is 0.0243. The van der Waals surface area contributed by atoms with E-state index in [1.54, 1.807) is 6.92 Å². The van der Waals surface area contributed by atoms with Crippen LogP contribution in [-0.2, 0) is 19.2 Å². The number of nitrogens with zero attached hydrogens (tertiary/aromatic N) is 6. The molecule has 0 saturated carbocycles. The SMILES string of the molecule is C#CCN1C(=O)COc2cc(F)c(-n3ncc(C)cc3=O)cc21.C#CCN1C(=O)COc2cc(F)c(N/N=C\C(=O)C(F)(F)F)cc21.C#CCN1C(=O)COc2cc(F)c(NN)cc21. The monoisotopic (exact) mass is 891 g/mol. The quantitative estimate of drug-likeness (QED) is 0.0768. The minimum atomic E-state index is -5.08. The number of halogens is 6. The summed E-state index contributed by atoms with van der Waals surface area (Å²) in [6.45, 7) is 1.05. The van der Waals surface area contributed by atoms with Gasteiger partial charge in [-0.3, -0.25) is 49.9 Å². The number of aryl methyl sites for hydroxylation is 1. The van der Waals surface area contributed by atoms with Gasteiger partial charge in [-0.25, -0.2) is 13.2 Å². The highest BCUT2D eigenvalue weighted by atomic mass is 19.4. The molecule has 0 spiro atoms. The lowest BCUT2D eigenvalue weighted by atomic mass is 10.2. The van der Waals surface area contributed by atoms with Crippen molar-refractivity contribution in [2.75, 3.05) is 65.0 Å². The van der Waals surface area contributed by atoms with Gasteiger partial charge in [0.1, 0.15) is 22.9 Å². The number of carbonyl (C=O) groups is 4. The normalized spacial score (nSPS) is 13.7. The fraction of sp³-hybridized carbons (Fsp3) is 0.195. The molecule has 0 atom stereocenters. The third kappa shape index (κ3) is 10.5. The van der Waals surface area contributed by atoms with E-state index in [0.717, 1.165) is 27.8 Å². The lowest BCUT2D eigenvalue weighted by molar-refractivity contribution is -0.162. The molecule has 0 saturated heterocycles. The van der Waals surface area contributed by atoms with Crippen molar-refractivity contribution < 1.29 is 59.7 Å². The number of nitrogens with two attached hydrogens (primary N) is 1. The molecule has 0 fully saturated rings. The third-order valence-corrected chi connectivity index (χ3v) is 8.67. The molecule has 330 valence electrons. The lowest BCUT2D eigenvalue weighted by Crippen LogP contribution is -2.39. The van der Waals surface area contributed by atoms with Gasteiger partial charge in [0.15, 0.2) is 37.3 Å². The average Bonchev–Trinajstić information content (AvgIpc) is 3.24. The number of anilines is 5. The van der Waals surface area contributed by atoms with Gasteiger partial charge in [0.05, 0.1) is 60.5 Å². The molecule has 3 aliphatic heterocycles. The second-order valence-electron chi connectivity index (χ2n) is 12.9. The molecule has 0 aliphatic carbocycles. The molecule has 3 amide bonds. The summed E-state index contributed by atoms with van der Waals surface area (Å²) in [7, 11) is 0. The molecule has 4 aromatic rings. The second kappa shape index (κ2) is 19.9. The predicted molar refractivity (Wildman–Crippen MR) is 218 cm³/mol. The van der Waals surface area contributed by atoms with E-state index in [0.29, 0.717) is 16.9 Å². The Morgan fingerprint density at radius 3 is 1.61 bits per heavy atom. The standard InChI is InChI=1S/C16H12FN3O3.C14H9F4N3O3.C11H10FN3O2/c1-3-4-19-13-7-12(20-15(21)5-10(2)8-18-20)11(17)6-14(13)23-9-16(19)22;1-2-3-21-10-5-9(20-19-6-12(22)14(16,17)18)8(15)4-11(10)24-7-13(21)23;1-2-3-15-9-5-8(14-13)7(12)4-10(9)17-6-11(15)16/h1,5-8H,4,9H2,2H3;1,4-6,20H,3,7H2;1,4-5,14H,3,6,13H2/b;19-6-;. The van der Waals surface area contributed by atoms with E-state index in [9.17, 15) is 50.3 Å². The number of fused-ring (bicyclic) bond motifs is 3. The maximum Gasteiger partial charge on any atom is 0.455 e. The molecular weight excluding hydrogens is 860 g/mol. The summed E-state index contributed by atoms with van der Waals surface area (Å²) < 4.78 is 94.1. The number of nitrogen functional groups attached to an aromatic ring is 1. The third-order valence-electron chi connectivity index (χ3n) is 8.67. The molecule has 0 bridgehead atoms. The topological polar surface area (TPSA) is 203 Å². The van der Waals surface area contributed by atoms with E-state index in [4.69, 9.17) is 39.3 Å². The highest BCUT2D eigenvalue weighted by molar-refractivity contribution is 6.30. The second-order valence-corrected chi connectivity index (χ2v) is 12.9. The summed E-state index contributed by atoms with van der Waals surface area (Å²) in [6.07, 6.45) is 11.9. The Morgan fingerprint density at radius 1 is 0.734 bits per heavy atom. The van der Waals surface area contributed by atoms with E-state index in [-0.39, 0.29) is 97.5 Å². The van der Waals surface area contributed by atoms with Crippen LogP contribution in [0.2, 0.25) is 0 Å². The fourth-order valence-electron chi connectivity index (χ4n) is 5.72. The number of ether oxygens (including phenoxy) is 3. The number of ketones is 1. The zero-order valence-electron chi connectivity index (χ0n) is 33.0. The molecule has 17 nitrogen and oxygen atoms in total. The molecular formula is C41H31F6N9O8. The maximum absolute atomic E-state index is 14.3. The summed E-state index contributed by atoms with van der Waals surface area (Å²) in [5.41, 5.74) is 4.85. The van der Waals surface area contributed by atoms with Crippen molar-refractivity contribution in [1.29, 1.82) is 0 Å². The van der Waals surface area contributed by atoms with Crippen molar-refractivity contribution in [3.8, 4) is 60.0 Å². The van der Waals surface area contributed by atoms with Crippen LogP contribution in [0.25, 0.3) is 5.69 Å². The number of rotatable bonds is 8. The molecule has 7 rings (SSSR count). The van der Waals surface area contributed by atoms with Crippen molar-refractivity contribution in [3.63, 3.8) is 0 Å². The summed E-state index contributed by atoms with van der Waals surface area (Å²) >= 11 is 0. The Kier molecular flexibility index (Phi) is 14.5. The Bertz CT molecular complexity index is 2740. The largest absolute Gasteiger partial charge is 0.481 e. The molecule has 1 aromatic heterocycles. The first-order chi connectivity index (χ1) is 30.4. The van der Waals surface area contributed by atoms with Crippen molar-refractivity contribution in [2.24, 2.45) is 10.9 Å². The van der Waals surface area contributed by atoms with Crippen LogP contribution in [0.1, 0.15) is 5.56 Å². The van der Waals surface area contributed by atoms with E-state index in [1.165, 1.54) is 40.3 Å². The number of hydrazine groups is 1. The number of terminal acetylenes is 3. The first-order valence-electron chi connectivity index (χ1n) is 18.0. The van der Waals surface area contributed by atoms with E-state index in [1.807, 2.05) is 5.43 Å². The lowest BCUT2D eigenvalue weighted by Gasteiger charge is -2.28. The van der Waals surface area contributed by atoms with E-state index in [2.05, 4.69) is 33.4 Å². The van der Waals surface area contributed by atoms with Gasteiger partial charge >= 0.3 is 6.18 Å². The molecule has 23 heteroatoms. The van der Waals surface area contributed by atoms with Gasteiger partial charge in [0, 0.05) is 24.3 Å². The van der Waals surface area contributed by atoms with Crippen molar-refractivity contribution in [3.05, 3.63) is 82.0 Å². The van der Waals surface area contributed by atoms with Crippen molar-refractivity contribution in [1.82, 2.24) is 9.78 Å². The zero-order chi connectivity index (χ0) is 46.9. The molecule has 3 aromatic carbocycles. The van der Waals surface area contributed by atoms with Crippen LogP contribution < -0.4 is 51.2 Å². The molecule has 4 N–H and O–H groups in total. The van der Waals surface area contributed by atoms with E-state index < -0.39 is 40.9 Å². The molecule has 0 unspecified atom stereocenters. The number of nitrogens with one attached hydrogen (secondary N) is 2. The Morgan fingerprint density at radius 2 is 1.17 bits per heavy atom. The number of hydrazone groups is 1. The average molecular weight is 892 g/mol. The highest BCUT2D eigenvalue weighted by Gasteiger charge is 2.37. The summed E-state index contributed by atoms with van der Waals surface area (Å²) in [4.78, 5) is 61.7. The highest BCUT2D eigenvalue weighted by Crippen LogP contribution is 2.38. The van der Waals surface area contributed by atoms with Crippen molar-refractivity contribution in [2.45, 2.75) is 13.1 Å². The molecule has 0 radical (unpaired) electrons. The van der Waals surface area contributed by atoms with Crippen LogP contribution in [0.15, 0.2) is 58.6 Å². The first-order valence-corrected chi connectivity index (χ1v) is 18.0. The van der Waals surface area contributed by atoms with Crippen LogP contribution >= 0.6 is 0 Å². The number of Topliss-reactive ketones (excluding diaryl/α,β-unsaturated/α-hetero) is 1. The number of benzene rings is 3. The van der Waals surface area contributed by atoms with Crippen LogP contribution in [-0.4, -0.2) is 85.1 Å². The molecule has 64 heavy (non-hydrogen) atoms. The summed E-state index contributed by atoms with van der Waals surface area (Å²) in [5, 5.41) is 6.97. The van der Waals surface area contributed by atoms with Crippen LogP contribution in [0, 0.1) is 61.4 Å². The van der Waals surface area contributed by atoms with Crippen LogP contribution in [0.3, 0.4) is 0 Å². The van der Waals surface area contributed by atoms with Gasteiger partial charge in [-0.2, -0.15) is 28.1 Å². The van der Waals surface area contributed by atoms with Crippen LogP contribution in [0.5, 0.6) is 17.2 Å². The summed E-state index contributed by atoms with van der Waals surface area (Å²) in [5.74, 6) is 7.25. The Balaban J connectivity index is 0.000000183. The van der Waals surface area contributed by atoms with Gasteiger partial charge < -0.3 is 19.6 Å². The zero-order valence-corrected chi connectivity index (χ0v) is 33.0. The first kappa shape index (κ1) is 46.6. The van der Waals surface area contributed by atoms with Gasteiger partial charge in [0.2, 0.25) is 0 Å². The Labute approximate surface area is 358 Å². The van der Waals surface area contributed by atoms with Gasteiger partial charge in [-0.15, -0.1) is 19.3 Å². The number of amides is 3. The van der Waals surface area contributed by atoms with Gasteiger partial charge in [-0.1, -0.05) is 17.8 Å². The molecule has 3 aliphatic rings. The number of carbonyl (C=O) groups excluding carboxylic acids is 4. The fourth-order valence-corrected chi connectivity index (χ4v) is 5.72. The smallest absolute Gasteiger partial charge is 0.455 e. The number of aromatic nitrogens is 2. The van der Waals surface area contributed by atoms with E-state index >= 15 is 0 Å². The predicted octanol–water partition coefficient (Wildman–Crippen LogP) is 3.22. The number of hydrogen-bond donors (Lipinski definition) is 3. The summed E-state index contributed by atoms with van der Waals surface area (Å²) in [6, 6.07) is 8.37. The molecule has 4 heterocycles. The van der Waals surface area contributed by atoms with Crippen molar-refractivity contribution >= 4 is 58.2 Å². The minimum Gasteiger partial charge on any atom is -0.481 e. The maximum atomic E-state index is 14.3. The van der Waals surface area contributed by atoms with Gasteiger partial charge in [0.25, 0.3) is 29.1 Å². The number of hydrogen-bond acceptors (Lipinski definition) is 13. The van der Waals surface area contributed by atoms with Gasteiger partial charge in [-0.05, 0) is 30.7 Å². The Hall–Kier alpha value is -8.49.